The first kappa shape index (κ1) is 13.0. The van der Waals surface area contributed by atoms with E-state index in [2.05, 4.69) is 10.6 Å². The summed E-state index contributed by atoms with van der Waals surface area (Å²) in [5.41, 5.74) is 1.04. The van der Waals surface area contributed by atoms with Gasteiger partial charge in [-0.1, -0.05) is 6.92 Å². The Morgan fingerprint density at radius 1 is 1.47 bits per heavy atom. The molecule has 5 heteroatoms. The molecule has 1 aromatic carbocycles. The molecule has 5 nitrogen and oxygen atoms in total. The molecule has 2 N–H and O–H groups in total. The Balaban J connectivity index is 2.88. The zero-order valence-electron chi connectivity index (χ0n) is 9.95. The largest absolute Gasteiger partial charge is 0.495 e. The molecule has 17 heavy (non-hydrogen) atoms. The van der Waals surface area contributed by atoms with Crippen molar-refractivity contribution in [2.75, 3.05) is 19.0 Å². The van der Waals surface area contributed by atoms with Crippen molar-refractivity contribution in [3.8, 4) is 5.75 Å². The predicted molar refractivity (Wildman–Crippen MR) is 65.3 cm³/mol. The van der Waals surface area contributed by atoms with Crippen molar-refractivity contribution in [3.63, 3.8) is 0 Å². The van der Waals surface area contributed by atoms with Gasteiger partial charge in [0.1, 0.15) is 5.75 Å². The van der Waals surface area contributed by atoms with E-state index in [0.717, 1.165) is 6.42 Å². The first-order valence-electron chi connectivity index (χ1n) is 5.39. The fourth-order valence-corrected chi connectivity index (χ4v) is 1.36. The van der Waals surface area contributed by atoms with Crippen LogP contribution in [0.4, 0.5) is 5.69 Å². The molecule has 0 atom stereocenters. The molecule has 92 valence electrons. The van der Waals surface area contributed by atoms with E-state index in [0.29, 0.717) is 30.0 Å². The number of hydrogen-bond donors (Lipinski definition) is 2. The third kappa shape index (κ3) is 3.48. The fourth-order valence-electron chi connectivity index (χ4n) is 1.36. The lowest BCUT2D eigenvalue weighted by Crippen LogP contribution is -2.23. The van der Waals surface area contributed by atoms with Crippen LogP contribution in [0.3, 0.4) is 0 Å². The van der Waals surface area contributed by atoms with Crippen LogP contribution in [0.15, 0.2) is 18.2 Å². The Labute approximate surface area is 100 Å². The van der Waals surface area contributed by atoms with Crippen LogP contribution in [0.1, 0.15) is 23.7 Å². The number of amides is 2. The summed E-state index contributed by atoms with van der Waals surface area (Å²) in [6.45, 7) is 2.62. The second-order valence-electron chi connectivity index (χ2n) is 3.43. The molecule has 0 radical (unpaired) electrons. The van der Waals surface area contributed by atoms with E-state index in [1.807, 2.05) is 6.92 Å². The quantitative estimate of drug-likeness (QED) is 0.734. The van der Waals surface area contributed by atoms with Crippen LogP contribution in [0.25, 0.3) is 0 Å². The first-order valence-corrected chi connectivity index (χ1v) is 5.39. The number of carbonyl (C=O) groups is 2. The molecular formula is C12H16N2O3. The highest BCUT2D eigenvalue weighted by atomic mass is 16.5. The van der Waals surface area contributed by atoms with E-state index in [-0.39, 0.29) is 5.91 Å². The molecule has 0 spiro atoms. The summed E-state index contributed by atoms with van der Waals surface area (Å²) in [6, 6.07) is 4.87. The molecular weight excluding hydrogens is 220 g/mol. The molecule has 0 saturated heterocycles. The summed E-state index contributed by atoms with van der Waals surface area (Å²) in [5, 5.41) is 5.27. The number of nitrogens with one attached hydrogen (secondary N) is 2. The molecule has 2 amide bonds. The van der Waals surface area contributed by atoms with Crippen LogP contribution in [0.2, 0.25) is 0 Å². The topological polar surface area (TPSA) is 67.4 Å². The molecule has 1 aromatic rings. The zero-order valence-corrected chi connectivity index (χ0v) is 9.95. The summed E-state index contributed by atoms with van der Waals surface area (Å²) in [7, 11) is 1.49. The van der Waals surface area contributed by atoms with Gasteiger partial charge >= 0.3 is 0 Å². The van der Waals surface area contributed by atoms with Gasteiger partial charge in [0.25, 0.3) is 5.91 Å². The van der Waals surface area contributed by atoms with Crippen molar-refractivity contribution in [1.82, 2.24) is 5.32 Å². The highest BCUT2D eigenvalue weighted by Gasteiger charge is 2.09. The van der Waals surface area contributed by atoms with Gasteiger partial charge in [0.05, 0.1) is 12.8 Å². The van der Waals surface area contributed by atoms with Crippen molar-refractivity contribution in [2.45, 2.75) is 13.3 Å². The van der Waals surface area contributed by atoms with Gasteiger partial charge < -0.3 is 15.4 Å². The fraction of sp³-hybridized carbons (Fsp3) is 0.333. The maximum absolute atomic E-state index is 11.7. The van der Waals surface area contributed by atoms with Gasteiger partial charge in [-0.15, -0.1) is 0 Å². The van der Waals surface area contributed by atoms with Crippen molar-refractivity contribution in [3.05, 3.63) is 23.8 Å². The zero-order chi connectivity index (χ0) is 12.7. The number of carbonyl (C=O) groups excluding carboxylic acids is 2. The maximum atomic E-state index is 11.7. The van der Waals surface area contributed by atoms with Crippen molar-refractivity contribution in [2.24, 2.45) is 0 Å². The van der Waals surface area contributed by atoms with E-state index in [4.69, 9.17) is 4.74 Å². The Morgan fingerprint density at radius 3 is 2.82 bits per heavy atom. The second-order valence-corrected chi connectivity index (χ2v) is 3.43. The number of anilines is 1. The minimum Gasteiger partial charge on any atom is -0.495 e. The molecule has 0 unspecified atom stereocenters. The van der Waals surface area contributed by atoms with Crippen LogP contribution in [-0.2, 0) is 4.79 Å². The highest BCUT2D eigenvalue weighted by molar-refractivity contribution is 5.95. The lowest BCUT2D eigenvalue weighted by atomic mass is 10.1. The second kappa shape index (κ2) is 6.52. The molecule has 0 aliphatic heterocycles. The SMILES string of the molecule is CCCNC(=O)c1ccc(NC=O)c(OC)c1. The Hall–Kier alpha value is -2.04. The Bertz CT molecular complexity index is 405. The lowest BCUT2D eigenvalue weighted by Gasteiger charge is -2.09. The molecule has 0 bridgehead atoms. The molecule has 0 aromatic heterocycles. The Kier molecular flexibility index (Phi) is 5.00. The van der Waals surface area contributed by atoms with Crippen LogP contribution in [0.5, 0.6) is 5.75 Å². The molecule has 0 aliphatic rings. The lowest BCUT2D eigenvalue weighted by molar-refractivity contribution is -0.105. The third-order valence-corrected chi connectivity index (χ3v) is 2.21. The molecule has 0 fully saturated rings. The minimum absolute atomic E-state index is 0.150. The summed E-state index contributed by atoms with van der Waals surface area (Å²) in [4.78, 5) is 22.0. The van der Waals surface area contributed by atoms with Crippen molar-refractivity contribution < 1.29 is 14.3 Å². The van der Waals surface area contributed by atoms with Gasteiger partial charge in [-0.3, -0.25) is 9.59 Å². The third-order valence-electron chi connectivity index (χ3n) is 2.21. The van der Waals surface area contributed by atoms with Crippen LogP contribution in [0, 0.1) is 0 Å². The maximum Gasteiger partial charge on any atom is 0.251 e. The molecule has 0 aliphatic carbocycles. The molecule has 1 rings (SSSR count). The average Bonchev–Trinajstić information content (AvgIpc) is 2.36. The minimum atomic E-state index is -0.150. The van der Waals surface area contributed by atoms with E-state index in [1.165, 1.54) is 7.11 Å². The Morgan fingerprint density at radius 2 is 2.24 bits per heavy atom. The van der Waals surface area contributed by atoms with E-state index >= 15 is 0 Å². The van der Waals surface area contributed by atoms with Crippen LogP contribution < -0.4 is 15.4 Å². The van der Waals surface area contributed by atoms with Gasteiger partial charge in [-0.05, 0) is 24.6 Å². The number of rotatable bonds is 6. The first-order chi connectivity index (χ1) is 8.22. The van der Waals surface area contributed by atoms with Gasteiger partial charge in [0.2, 0.25) is 6.41 Å². The van der Waals surface area contributed by atoms with E-state index in [1.54, 1.807) is 18.2 Å². The summed E-state index contributed by atoms with van der Waals surface area (Å²) in [6.07, 6.45) is 1.45. The summed E-state index contributed by atoms with van der Waals surface area (Å²) < 4.78 is 5.09. The smallest absolute Gasteiger partial charge is 0.251 e. The van der Waals surface area contributed by atoms with Crippen LogP contribution >= 0.6 is 0 Å². The molecule has 0 heterocycles. The number of benzene rings is 1. The normalized spacial score (nSPS) is 9.53. The number of ether oxygens (including phenoxy) is 1. The van der Waals surface area contributed by atoms with E-state index in [9.17, 15) is 9.59 Å². The summed E-state index contributed by atoms with van der Waals surface area (Å²) >= 11 is 0. The predicted octanol–water partition coefficient (Wildman–Crippen LogP) is 1.40. The standard InChI is InChI=1S/C12H16N2O3/c1-3-6-13-12(16)9-4-5-10(14-8-15)11(7-9)17-2/h4-5,7-8H,3,6H2,1-2H3,(H,13,16)(H,14,15). The van der Waals surface area contributed by atoms with Gasteiger partial charge in [0, 0.05) is 12.1 Å². The monoisotopic (exact) mass is 236 g/mol. The van der Waals surface area contributed by atoms with Crippen molar-refractivity contribution in [1.29, 1.82) is 0 Å². The average molecular weight is 236 g/mol. The number of hydrogen-bond acceptors (Lipinski definition) is 3. The summed E-state index contributed by atoms with van der Waals surface area (Å²) in [5.74, 6) is 0.309. The van der Waals surface area contributed by atoms with Gasteiger partial charge in [0.15, 0.2) is 0 Å². The van der Waals surface area contributed by atoms with Gasteiger partial charge in [-0.25, -0.2) is 0 Å². The van der Waals surface area contributed by atoms with Crippen molar-refractivity contribution >= 4 is 18.0 Å². The van der Waals surface area contributed by atoms with Crippen LogP contribution in [-0.4, -0.2) is 26.0 Å². The van der Waals surface area contributed by atoms with E-state index < -0.39 is 0 Å². The van der Waals surface area contributed by atoms with Gasteiger partial charge in [-0.2, -0.15) is 0 Å². The highest BCUT2D eigenvalue weighted by Crippen LogP contribution is 2.24. The number of methoxy groups -OCH3 is 1. The molecule has 0 saturated carbocycles.